The summed E-state index contributed by atoms with van der Waals surface area (Å²) in [7, 11) is 1.64. The van der Waals surface area contributed by atoms with Crippen molar-refractivity contribution in [2.24, 2.45) is 4.99 Å². The van der Waals surface area contributed by atoms with Crippen molar-refractivity contribution < 1.29 is 13.2 Å². The summed E-state index contributed by atoms with van der Waals surface area (Å²) in [5.41, 5.74) is 0.0830. The number of aliphatic imine (C=N–C) groups is 1. The van der Waals surface area contributed by atoms with Crippen LogP contribution in [0.4, 0.5) is 19.1 Å². The number of thiazole rings is 1. The topological polar surface area (TPSA) is 87.1 Å². The Balaban J connectivity index is 0.00000392. The first-order valence-electron chi connectivity index (χ1n) is 8.32. The van der Waals surface area contributed by atoms with Gasteiger partial charge in [0.25, 0.3) is 0 Å². The van der Waals surface area contributed by atoms with Gasteiger partial charge in [-0.05, 0) is 12.0 Å². The van der Waals surface area contributed by atoms with Crippen LogP contribution in [0.3, 0.4) is 0 Å². The second-order valence-corrected chi connectivity index (χ2v) is 6.81. The van der Waals surface area contributed by atoms with Gasteiger partial charge < -0.3 is 16.0 Å². The van der Waals surface area contributed by atoms with Gasteiger partial charge in [0.15, 0.2) is 5.96 Å². The van der Waals surface area contributed by atoms with Crippen molar-refractivity contribution in [2.75, 3.05) is 25.5 Å². The monoisotopic (exact) mass is 529 g/mol. The van der Waals surface area contributed by atoms with E-state index in [-0.39, 0.29) is 29.9 Å². The van der Waals surface area contributed by atoms with Gasteiger partial charge in [-0.2, -0.15) is 13.2 Å². The van der Waals surface area contributed by atoms with Crippen LogP contribution in [0.1, 0.15) is 36.2 Å². The maximum Gasteiger partial charge on any atom is 0.433 e. The molecule has 0 aromatic carbocycles. The number of guanidine groups is 1. The number of nitrogens with one attached hydrogen (secondary N) is 3. The van der Waals surface area contributed by atoms with Crippen LogP contribution in [-0.4, -0.2) is 41.0 Å². The predicted molar refractivity (Wildman–Crippen MR) is 115 cm³/mol. The number of rotatable bonds is 7. The minimum atomic E-state index is -4.49. The molecule has 0 radical (unpaired) electrons. The summed E-state index contributed by atoms with van der Waals surface area (Å²) >= 11 is 1.58. The second kappa shape index (κ2) is 11.3. The van der Waals surface area contributed by atoms with Gasteiger partial charge in [0.05, 0.1) is 12.2 Å². The Morgan fingerprint density at radius 1 is 1.21 bits per heavy atom. The molecule has 0 spiro atoms. The molecular formula is C16H23F3IN7S. The lowest BCUT2D eigenvalue weighted by Gasteiger charge is -2.12. The molecule has 0 saturated carbocycles. The highest BCUT2D eigenvalue weighted by Gasteiger charge is 2.32. The lowest BCUT2D eigenvalue weighted by Crippen LogP contribution is -2.39. The zero-order valence-corrected chi connectivity index (χ0v) is 18.8. The number of aromatic nitrogens is 3. The van der Waals surface area contributed by atoms with Crippen LogP contribution in [0, 0.1) is 0 Å². The van der Waals surface area contributed by atoms with Crippen LogP contribution in [0.5, 0.6) is 0 Å². The van der Waals surface area contributed by atoms with Crippen molar-refractivity contribution in [2.45, 2.75) is 32.5 Å². The Bertz CT molecular complexity index is 765. The van der Waals surface area contributed by atoms with Crippen LogP contribution >= 0.6 is 35.3 Å². The van der Waals surface area contributed by atoms with E-state index in [2.05, 4.69) is 49.7 Å². The number of hydrogen-bond acceptors (Lipinski definition) is 6. The summed E-state index contributed by atoms with van der Waals surface area (Å²) in [5.74, 6) is 0.887. The van der Waals surface area contributed by atoms with Gasteiger partial charge in [0, 0.05) is 31.7 Å². The maximum absolute atomic E-state index is 12.6. The molecule has 0 fully saturated rings. The Labute approximate surface area is 182 Å². The van der Waals surface area contributed by atoms with E-state index >= 15 is 0 Å². The molecule has 3 N–H and O–H groups in total. The second-order valence-electron chi connectivity index (χ2n) is 5.86. The molecule has 156 valence electrons. The van der Waals surface area contributed by atoms with E-state index in [0.717, 1.165) is 23.0 Å². The molecule has 0 amide bonds. The molecule has 2 rings (SSSR count). The molecule has 0 aliphatic rings. The van der Waals surface area contributed by atoms with Gasteiger partial charge in [0.1, 0.15) is 10.7 Å². The zero-order valence-electron chi connectivity index (χ0n) is 15.7. The van der Waals surface area contributed by atoms with E-state index < -0.39 is 11.9 Å². The van der Waals surface area contributed by atoms with Crippen molar-refractivity contribution in [1.29, 1.82) is 0 Å². The van der Waals surface area contributed by atoms with Gasteiger partial charge >= 0.3 is 6.18 Å². The highest BCUT2D eigenvalue weighted by Crippen LogP contribution is 2.27. The van der Waals surface area contributed by atoms with Crippen molar-refractivity contribution in [3.8, 4) is 0 Å². The summed E-state index contributed by atoms with van der Waals surface area (Å²) in [4.78, 5) is 15.9. The fourth-order valence-electron chi connectivity index (χ4n) is 2.01. The average Bonchev–Trinajstić information content (AvgIpc) is 3.10. The predicted octanol–water partition coefficient (Wildman–Crippen LogP) is 3.47. The molecule has 0 atom stereocenters. The third-order valence-corrected chi connectivity index (χ3v) is 4.31. The van der Waals surface area contributed by atoms with E-state index in [1.807, 2.05) is 5.38 Å². The van der Waals surface area contributed by atoms with Gasteiger partial charge in [-0.25, -0.2) is 15.0 Å². The van der Waals surface area contributed by atoms with E-state index in [1.165, 1.54) is 0 Å². The average molecular weight is 529 g/mol. The Hall–Kier alpha value is -1.70. The third kappa shape index (κ3) is 7.73. The molecule has 2 heterocycles. The molecule has 2 aromatic rings. The fourth-order valence-corrected chi connectivity index (χ4v) is 2.90. The first-order chi connectivity index (χ1) is 12.8. The first kappa shape index (κ1) is 24.3. The van der Waals surface area contributed by atoms with Gasteiger partial charge in [0.2, 0.25) is 5.95 Å². The molecule has 28 heavy (non-hydrogen) atoms. The number of hydrogen-bond donors (Lipinski definition) is 3. The van der Waals surface area contributed by atoms with Crippen molar-refractivity contribution >= 4 is 47.2 Å². The lowest BCUT2D eigenvalue weighted by molar-refractivity contribution is -0.141. The molecule has 0 aliphatic carbocycles. The van der Waals surface area contributed by atoms with E-state index in [1.54, 1.807) is 18.4 Å². The summed E-state index contributed by atoms with van der Waals surface area (Å²) in [6.45, 7) is 5.48. The van der Waals surface area contributed by atoms with Crippen LogP contribution in [0.25, 0.3) is 0 Å². The maximum atomic E-state index is 12.6. The Morgan fingerprint density at radius 2 is 1.96 bits per heavy atom. The van der Waals surface area contributed by atoms with Crippen molar-refractivity contribution in [3.63, 3.8) is 0 Å². The Morgan fingerprint density at radius 3 is 2.57 bits per heavy atom. The van der Waals surface area contributed by atoms with E-state index in [9.17, 15) is 13.2 Å². The summed E-state index contributed by atoms with van der Waals surface area (Å²) < 4.78 is 37.9. The molecular weight excluding hydrogens is 506 g/mol. The number of anilines is 1. The standard InChI is InChI=1S/C16H22F3N7S.HI/c1-10(2)11-9-27-13(25-11)8-24-14(20-3)22-6-7-23-15-21-5-4-12(26-15)16(17,18)19;/h4-5,9-10H,6-8H2,1-3H3,(H2,20,22,24)(H,21,23,26);1H. The van der Waals surface area contributed by atoms with E-state index in [4.69, 9.17) is 0 Å². The van der Waals surface area contributed by atoms with E-state index in [0.29, 0.717) is 31.5 Å². The third-order valence-electron chi connectivity index (χ3n) is 3.44. The van der Waals surface area contributed by atoms with Crippen molar-refractivity contribution in [1.82, 2.24) is 25.6 Å². The van der Waals surface area contributed by atoms with Gasteiger partial charge in [-0.1, -0.05) is 13.8 Å². The highest BCUT2D eigenvalue weighted by molar-refractivity contribution is 14.0. The van der Waals surface area contributed by atoms with Crippen LogP contribution in [-0.2, 0) is 12.7 Å². The van der Waals surface area contributed by atoms with Gasteiger partial charge in [-0.15, -0.1) is 35.3 Å². The number of halogens is 4. The molecule has 2 aromatic heterocycles. The molecule has 0 saturated heterocycles. The summed E-state index contributed by atoms with van der Waals surface area (Å²) in [6, 6.07) is 0.832. The van der Waals surface area contributed by atoms with Gasteiger partial charge in [-0.3, -0.25) is 4.99 Å². The van der Waals surface area contributed by atoms with Crippen LogP contribution < -0.4 is 16.0 Å². The minimum Gasteiger partial charge on any atom is -0.355 e. The Kier molecular flexibility index (Phi) is 9.85. The largest absolute Gasteiger partial charge is 0.433 e. The molecule has 0 bridgehead atoms. The van der Waals surface area contributed by atoms with Crippen LogP contribution in [0.15, 0.2) is 22.6 Å². The fraction of sp³-hybridized carbons (Fsp3) is 0.500. The molecule has 12 heteroatoms. The lowest BCUT2D eigenvalue weighted by atomic mass is 10.2. The van der Waals surface area contributed by atoms with Crippen LogP contribution in [0.2, 0.25) is 0 Å². The SMILES string of the molecule is CN=C(NCCNc1nccc(C(F)(F)F)n1)NCc1nc(C(C)C)cs1.I. The summed E-state index contributed by atoms with van der Waals surface area (Å²) in [5, 5.41) is 11.9. The highest BCUT2D eigenvalue weighted by atomic mass is 127. The summed E-state index contributed by atoms with van der Waals surface area (Å²) in [6.07, 6.45) is -3.42. The normalized spacial score (nSPS) is 11.9. The van der Waals surface area contributed by atoms with Crippen molar-refractivity contribution in [3.05, 3.63) is 34.0 Å². The quantitative estimate of drug-likeness (QED) is 0.221. The minimum absolute atomic E-state index is 0. The molecule has 0 aliphatic heterocycles. The smallest absolute Gasteiger partial charge is 0.355 e. The number of nitrogens with zero attached hydrogens (tertiary/aromatic N) is 4. The molecule has 0 unspecified atom stereocenters. The zero-order chi connectivity index (χ0) is 19.9. The molecule has 7 nitrogen and oxygen atoms in total. The first-order valence-corrected chi connectivity index (χ1v) is 9.20. The number of alkyl halides is 3.